The average molecular weight is 439 g/mol. The summed E-state index contributed by atoms with van der Waals surface area (Å²) in [6.45, 7) is 0. The molecule has 1 N–H and O–H groups in total. The third-order valence-electron chi connectivity index (χ3n) is 5.62. The number of ether oxygens (including phenoxy) is 1. The summed E-state index contributed by atoms with van der Waals surface area (Å²) in [5, 5.41) is 2.75. The van der Waals surface area contributed by atoms with Crippen LogP contribution >= 0.6 is 0 Å². The fraction of sp³-hybridized carbons (Fsp3) is 0.200. The molecule has 0 unspecified atom stereocenters. The molecular formula is C25H20F3NO3. The van der Waals surface area contributed by atoms with Gasteiger partial charge in [0.25, 0.3) is 0 Å². The first-order valence-corrected chi connectivity index (χ1v) is 10.0. The van der Waals surface area contributed by atoms with Crippen LogP contribution in [0, 0.1) is 0 Å². The van der Waals surface area contributed by atoms with E-state index in [1.54, 1.807) is 0 Å². The first-order chi connectivity index (χ1) is 15.3. The van der Waals surface area contributed by atoms with Crippen LogP contribution in [-0.4, -0.2) is 25.0 Å². The van der Waals surface area contributed by atoms with Crippen molar-refractivity contribution in [3.63, 3.8) is 0 Å². The van der Waals surface area contributed by atoms with E-state index in [4.69, 9.17) is 4.74 Å². The first-order valence-electron chi connectivity index (χ1n) is 10.0. The fourth-order valence-electron chi connectivity index (χ4n) is 4.09. The smallest absolute Gasteiger partial charge is 0.416 e. The second-order valence-electron chi connectivity index (χ2n) is 7.59. The Hall–Kier alpha value is -3.61. The molecule has 1 amide bonds. The number of carbonyl (C=O) groups excluding carboxylic acids is 2. The van der Waals surface area contributed by atoms with E-state index in [1.807, 2.05) is 48.5 Å². The van der Waals surface area contributed by atoms with E-state index in [0.29, 0.717) is 5.56 Å². The molecule has 3 aromatic rings. The molecule has 1 aliphatic carbocycles. The van der Waals surface area contributed by atoms with Crippen LogP contribution in [0.3, 0.4) is 0 Å². The first kappa shape index (κ1) is 21.6. The molecule has 0 saturated heterocycles. The van der Waals surface area contributed by atoms with Crippen molar-refractivity contribution in [1.29, 1.82) is 0 Å². The van der Waals surface area contributed by atoms with Gasteiger partial charge in [0.05, 0.1) is 18.6 Å². The van der Waals surface area contributed by atoms with E-state index in [-0.39, 0.29) is 12.3 Å². The highest BCUT2D eigenvalue weighted by Crippen LogP contribution is 2.44. The van der Waals surface area contributed by atoms with Crippen molar-refractivity contribution in [2.75, 3.05) is 7.11 Å². The lowest BCUT2D eigenvalue weighted by Gasteiger charge is -2.20. The van der Waals surface area contributed by atoms with E-state index < -0.39 is 29.7 Å². The molecule has 0 aromatic heterocycles. The molecule has 4 rings (SSSR count). The van der Waals surface area contributed by atoms with Crippen molar-refractivity contribution < 1.29 is 27.5 Å². The van der Waals surface area contributed by atoms with E-state index in [2.05, 4.69) is 5.32 Å². The van der Waals surface area contributed by atoms with Crippen LogP contribution in [0.2, 0.25) is 0 Å². The summed E-state index contributed by atoms with van der Waals surface area (Å²) in [7, 11) is 1.20. The SMILES string of the molecule is COC(=O)[C@H](Cc1ccc(C(F)(F)F)cc1)NC(=O)C1c2ccccc2-c2ccccc21. The predicted octanol–water partition coefficient (Wildman–Crippen LogP) is 4.72. The summed E-state index contributed by atoms with van der Waals surface area (Å²) < 4.78 is 43.3. The molecule has 3 aromatic carbocycles. The summed E-state index contributed by atoms with van der Waals surface area (Å²) in [4.78, 5) is 25.7. The fourth-order valence-corrected chi connectivity index (χ4v) is 4.09. The van der Waals surface area contributed by atoms with E-state index in [0.717, 1.165) is 34.4 Å². The maximum atomic E-state index is 13.3. The zero-order chi connectivity index (χ0) is 22.9. The van der Waals surface area contributed by atoms with Crippen molar-refractivity contribution >= 4 is 11.9 Å². The zero-order valence-electron chi connectivity index (χ0n) is 17.1. The lowest BCUT2D eigenvalue weighted by atomic mass is 9.95. The molecule has 0 aliphatic heterocycles. The number of alkyl halides is 3. The predicted molar refractivity (Wildman–Crippen MR) is 113 cm³/mol. The number of methoxy groups -OCH3 is 1. The molecule has 4 nitrogen and oxygen atoms in total. The lowest BCUT2D eigenvalue weighted by Crippen LogP contribution is -2.45. The Bertz CT molecular complexity index is 1110. The number of hydrogen-bond donors (Lipinski definition) is 1. The van der Waals surface area contributed by atoms with E-state index in [1.165, 1.54) is 19.2 Å². The summed E-state index contributed by atoms with van der Waals surface area (Å²) in [5.74, 6) is -1.63. The van der Waals surface area contributed by atoms with E-state index in [9.17, 15) is 22.8 Å². The molecule has 7 heteroatoms. The number of fused-ring (bicyclic) bond motifs is 3. The van der Waals surface area contributed by atoms with Gasteiger partial charge in [0.15, 0.2) is 0 Å². The van der Waals surface area contributed by atoms with Gasteiger partial charge in [0, 0.05) is 6.42 Å². The van der Waals surface area contributed by atoms with Crippen LogP contribution in [0.5, 0.6) is 0 Å². The summed E-state index contributed by atoms with van der Waals surface area (Å²) in [6, 6.07) is 18.6. The topological polar surface area (TPSA) is 55.4 Å². The highest BCUT2D eigenvalue weighted by Gasteiger charge is 2.35. The molecule has 164 valence electrons. The van der Waals surface area contributed by atoms with Gasteiger partial charge in [-0.25, -0.2) is 4.79 Å². The molecular weight excluding hydrogens is 419 g/mol. The maximum absolute atomic E-state index is 13.3. The molecule has 0 heterocycles. The second kappa shape index (κ2) is 8.49. The van der Waals surface area contributed by atoms with Crippen molar-refractivity contribution in [2.24, 2.45) is 0 Å². The van der Waals surface area contributed by atoms with Crippen LogP contribution in [0.4, 0.5) is 13.2 Å². The van der Waals surface area contributed by atoms with Crippen LogP contribution in [0.15, 0.2) is 72.8 Å². The molecule has 1 atom stereocenters. The van der Waals surface area contributed by atoms with Gasteiger partial charge in [-0.3, -0.25) is 4.79 Å². The van der Waals surface area contributed by atoms with Gasteiger partial charge in [-0.15, -0.1) is 0 Å². The van der Waals surface area contributed by atoms with Crippen molar-refractivity contribution in [3.8, 4) is 11.1 Å². The molecule has 0 spiro atoms. The Labute approximate surface area is 183 Å². The highest BCUT2D eigenvalue weighted by atomic mass is 19.4. The standard InChI is InChI=1S/C25H20F3NO3/c1-32-24(31)21(14-15-10-12-16(13-11-15)25(26,27)28)29-23(30)22-19-8-4-2-6-17(19)18-7-3-5-9-20(18)22/h2-13,21-22H,14H2,1H3,(H,29,30)/t21-/m0/s1. The summed E-state index contributed by atoms with van der Waals surface area (Å²) >= 11 is 0. The molecule has 32 heavy (non-hydrogen) atoms. The number of rotatable bonds is 5. The normalized spacial score (nSPS) is 13.8. The number of benzene rings is 3. The molecule has 1 aliphatic rings. The minimum absolute atomic E-state index is 0.00651. The Morgan fingerprint density at radius 1 is 0.906 bits per heavy atom. The zero-order valence-corrected chi connectivity index (χ0v) is 17.1. The Morgan fingerprint density at radius 3 is 1.94 bits per heavy atom. The summed E-state index contributed by atoms with van der Waals surface area (Å²) in [6.07, 6.45) is -4.44. The van der Waals surface area contributed by atoms with Gasteiger partial charge in [-0.2, -0.15) is 13.2 Å². The lowest BCUT2D eigenvalue weighted by molar-refractivity contribution is -0.145. The van der Waals surface area contributed by atoms with Crippen molar-refractivity contribution in [3.05, 3.63) is 95.1 Å². The molecule has 0 bridgehead atoms. The largest absolute Gasteiger partial charge is 0.467 e. The molecule has 0 fully saturated rings. The number of hydrogen-bond acceptors (Lipinski definition) is 3. The number of carbonyl (C=O) groups is 2. The number of halogens is 3. The third kappa shape index (κ3) is 4.10. The van der Waals surface area contributed by atoms with Crippen LogP contribution in [0.1, 0.15) is 28.2 Å². The number of esters is 1. The van der Waals surface area contributed by atoms with Gasteiger partial charge in [-0.05, 0) is 39.9 Å². The molecule has 0 saturated carbocycles. The van der Waals surface area contributed by atoms with Crippen LogP contribution < -0.4 is 5.32 Å². The minimum Gasteiger partial charge on any atom is -0.467 e. The van der Waals surface area contributed by atoms with E-state index >= 15 is 0 Å². The second-order valence-corrected chi connectivity index (χ2v) is 7.59. The average Bonchev–Trinajstić information content (AvgIpc) is 3.12. The summed E-state index contributed by atoms with van der Waals surface area (Å²) in [5.41, 5.74) is 3.29. The van der Waals surface area contributed by atoms with Gasteiger partial charge in [0.2, 0.25) is 5.91 Å². The van der Waals surface area contributed by atoms with Crippen LogP contribution in [-0.2, 0) is 26.9 Å². The Kier molecular flexibility index (Phi) is 5.74. The van der Waals surface area contributed by atoms with Gasteiger partial charge in [0.1, 0.15) is 6.04 Å². The maximum Gasteiger partial charge on any atom is 0.416 e. The quantitative estimate of drug-likeness (QED) is 0.586. The third-order valence-corrected chi connectivity index (χ3v) is 5.62. The van der Waals surface area contributed by atoms with Gasteiger partial charge < -0.3 is 10.1 Å². The molecule has 0 radical (unpaired) electrons. The Morgan fingerprint density at radius 2 is 1.44 bits per heavy atom. The monoisotopic (exact) mass is 439 g/mol. The van der Waals surface area contributed by atoms with Crippen LogP contribution in [0.25, 0.3) is 11.1 Å². The van der Waals surface area contributed by atoms with Crippen molar-refractivity contribution in [1.82, 2.24) is 5.32 Å². The number of amides is 1. The highest BCUT2D eigenvalue weighted by molar-refractivity contribution is 5.97. The van der Waals surface area contributed by atoms with Gasteiger partial charge in [-0.1, -0.05) is 60.7 Å². The number of nitrogens with one attached hydrogen (secondary N) is 1. The van der Waals surface area contributed by atoms with Crippen molar-refractivity contribution in [2.45, 2.75) is 24.6 Å². The minimum atomic E-state index is -4.45. The van der Waals surface area contributed by atoms with Gasteiger partial charge >= 0.3 is 12.1 Å². The Balaban J connectivity index is 1.59.